The summed E-state index contributed by atoms with van der Waals surface area (Å²) in [5, 5.41) is 9.51. The summed E-state index contributed by atoms with van der Waals surface area (Å²) in [6.45, 7) is 0. The van der Waals surface area contributed by atoms with E-state index in [-0.39, 0.29) is 11.7 Å². The largest absolute Gasteiger partial charge is 0.497 e. The maximum atomic E-state index is 12.1. The van der Waals surface area contributed by atoms with E-state index in [4.69, 9.17) is 4.74 Å². The lowest BCUT2D eigenvalue weighted by atomic mass is 10.3. The van der Waals surface area contributed by atoms with E-state index in [0.717, 1.165) is 23.1 Å². The molecule has 0 unspecified atom stereocenters. The minimum Gasteiger partial charge on any atom is -0.497 e. The molecule has 2 aromatic rings. The van der Waals surface area contributed by atoms with E-state index < -0.39 is 0 Å². The number of amides is 1. The van der Waals surface area contributed by atoms with Gasteiger partial charge in [0.05, 0.1) is 7.11 Å². The average Bonchev–Trinajstić information content (AvgIpc) is 3.15. The Morgan fingerprint density at radius 2 is 2.25 bits per heavy atom. The molecule has 6 nitrogen and oxygen atoms in total. The molecule has 0 radical (unpaired) electrons. The predicted octanol–water partition coefficient (Wildman–Crippen LogP) is 2.71. The van der Waals surface area contributed by atoms with E-state index in [9.17, 15) is 4.79 Å². The smallest absolute Gasteiger partial charge is 0.295 e. The highest BCUT2D eigenvalue weighted by molar-refractivity contribution is 9.10. The maximum absolute atomic E-state index is 12.1. The summed E-state index contributed by atoms with van der Waals surface area (Å²) in [6, 6.07) is 5.33. The van der Waals surface area contributed by atoms with E-state index >= 15 is 0 Å². The molecule has 0 aliphatic heterocycles. The molecule has 7 heteroatoms. The summed E-state index contributed by atoms with van der Waals surface area (Å²) in [7, 11) is 1.57. The number of halogens is 1. The van der Waals surface area contributed by atoms with Crippen molar-refractivity contribution in [2.75, 3.05) is 12.4 Å². The molecule has 20 heavy (non-hydrogen) atoms. The average molecular weight is 337 g/mol. The third-order valence-electron chi connectivity index (χ3n) is 3.03. The molecule has 1 amide bonds. The van der Waals surface area contributed by atoms with Crippen molar-refractivity contribution in [2.45, 2.75) is 18.8 Å². The van der Waals surface area contributed by atoms with Crippen molar-refractivity contribution in [3.63, 3.8) is 0 Å². The van der Waals surface area contributed by atoms with Gasteiger partial charge in [0.1, 0.15) is 11.6 Å². The molecule has 1 aliphatic carbocycles. The van der Waals surface area contributed by atoms with Crippen LogP contribution in [0.3, 0.4) is 0 Å². The van der Waals surface area contributed by atoms with Gasteiger partial charge in [-0.2, -0.15) is 0 Å². The van der Waals surface area contributed by atoms with Crippen molar-refractivity contribution < 1.29 is 9.53 Å². The van der Waals surface area contributed by atoms with Gasteiger partial charge < -0.3 is 10.1 Å². The van der Waals surface area contributed by atoms with Crippen molar-refractivity contribution in [2.24, 2.45) is 0 Å². The van der Waals surface area contributed by atoms with Gasteiger partial charge in [0.2, 0.25) is 5.82 Å². The molecule has 0 bridgehead atoms. The summed E-state index contributed by atoms with van der Waals surface area (Å²) in [5.41, 5.74) is 0.624. The Morgan fingerprint density at radius 3 is 2.95 bits per heavy atom. The zero-order chi connectivity index (χ0) is 14.1. The van der Waals surface area contributed by atoms with E-state index in [1.54, 1.807) is 19.2 Å². The Labute approximate surface area is 124 Å². The number of nitrogens with zero attached hydrogens (tertiary/aromatic N) is 2. The molecule has 1 fully saturated rings. The molecule has 1 aromatic carbocycles. The number of benzene rings is 1. The number of rotatable bonds is 4. The van der Waals surface area contributed by atoms with E-state index in [1.165, 1.54) is 0 Å². The zero-order valence-corrected chi connectivity index (χ0v) is 12.4. The molecule has 0 spiro atoms. The topological polar surface area (TPSA) is 79.9 Å². The Kier molecular flexibility index (Phi) is 3.43. The van der Waals surface area contributed by atoms with Crippen LogP contribution in [0.15, 0.2) is 22.7 Å². The summed E-state index contributed by atoms with van der Waals surface area (Å²) in [4.78, 5) is 16.3. The Morgan fingerprint density at radius 1 is 1.45 bits per heavy atom. The number of aromatic nitrogens is 3. The number of carbonyl (C=O) groups is 1. The molecule has 1 aliphatic rings. The minimum atomic E-state index is -0.340. The van der Waals surface area contributed by atoms with E-state index in [2.05, 4.69) is 36.4 Å². The Balaban J connectivity index is 1.75. The van der Waals surface area contributed by atoms with Gasteiger partial charge in [-0.15, -0.1) is 5.10 Å². The standard InChI is InChI=1S/C13H13BrN4O2/c1-20-10-5-8(14)4-9(6-10)15-13(19)12-16-11(17-18-12)7-2-3-7/h4-7H,2-3H2,1H3,(H,15,19)(H,16,17,18). The highest BCUT2D eigenvalue weighted by atomic mass is 79.9. The van der Waals surface area contributed by atoms with Crippen LogP contribution in [0.25, 0.3) is 0 Å². The Hall–Kier alpha value is -1.89. The second-order valence-electron chi connectivity index (χ2n) is 4.65. The number of ether oxygens (including phenoxy) is 1. The zero-order valence-electron chi connectivity index (χ0n) is 10.8. The van der Waals surface area contributed by atoms with Crippen molar-refractivity contribution >= 4 is 27.5 Å². The molecular formula is C13H13BrN4O2. The first kappa shape index (κ1) is 13.1. The molecule has 2 N–H and O–H groups in total. The fraction of sp³-hybridized carbons (Fsp3) is 0.308. The molecule has 1 heterocycles. The van der Waals surface area contributed by atoms with Crippen molar-refractivity contribution in [3.05, 3.63) is 34.3 Å². The van der Waals surface area contributed by atoms with Gasteiger partial charge in [-0.1, -0.05) is 15.9 Å². The lowest BCUT2D eigenvalue weighted by molar-refractivity contribution is 0.101. The van der Waals surface area contributed by atoms with Crippen LogP contribution in [-0.2, 0) is 0 Å². The molecule has 1 aromatic heterocycles. The Bertz CT molecular complexity index is 652. The van der Waals surface area contributed by atoms with Crippen LogP contribution in [0.5, 0.6) is 5.75 Å². The van der Waals surface area contributed by atoms with Crippen LogP contribution in [0.2, 0.25) is 0 Å². The minimum absolute atomic E-state index is 0.158. The van der Waals surface area contributed by atoms with Crippen LogP contribution in [0.1, 0.15) is 35.2 Å². The van der Waals surface area contributed by atoms with E-state index in [1.807, 2.05) is 6.07 Å². The number of H-pyrrole nitrogens is 1. The number of carbonyl (C=O) groups excluding carboxylic acids is 1. The van der Waals surface area contributed by atoms with Crippen LogP contribution in [0, 0.1) is 0 Å². The molecule has 1 saturated carbocycles. The lowest BCUT2D eigenvalue weighted by Gasteiger charge is -2.06. The number of nitrogens with one attached hydrogen (secondary N) is 2. The monoisotopic (exact) mass is 336 g/mol. The number of methoxy groups -OCH3 is 1. The van der Waals surface area contributed by atoms with Gasteiger partial charge in [-0.3, -0.25) is 9.89 Å². The number of aromatic amines is 1. The fourth-order valence-corrected chi connectivity index (χ4v) is 2.33. The van der Waals surface area contributed by atoms with Crippen LogP contribution in [-0.4, -0.2) is 28.2 Å². The van der Waals surface area contributed by atoms with Gasteiger partial charge in [0, 0.05) is 22.1 Å². The van der Waals surface area contributed by atoms with Crippen molar-refractivity contribution in [1.29, 1.82) is 0 Å². The highest BCUT2D eigenvalue weighted by Crippen LogP contribution is 2.37. The molecule has 0 saturated heterocycles. The number of hydrogen-bond acceptors (Lipinski definition) is 4. The third kappa shape index (κ3) is 2.82. The van der Waals surface area contributed by atoms with Gasteiger partial charge in [-0.25, -0.2) is 4.98 Å². The van der Waals surface area contributed by atoms with Crippen LogP contribution in [0.4, 0.5) is 5.69 Å². The van der Waals surface area contributed by atoms with Gasteiger partial charge in [0.25, 0.3) is 5.91 Å². The number of hydrogen-bond donors (Lipinski definition) is 2. The van der Waals surface area contributed by atoms with Crippen LogP contribution < -0.4 is 10.1 Å². The first-order valence-corrected chi connectivity index (χ1v) is 7.03. The fourth-order valence-electron chi connectivity index (χ4n) is 1.85. The van der Waals surface area contributed by atoms with E-state index in [0.29, 0.717) is 17.4 Å². The normalized spacial score (nSPS) is 14.1. The summed E-state index contributed by atoms with van der Waals surface area (Å²) in [6.07, 6.45) is 2.22. The highest BCUT2D eigenvalue weighted by Gasteiger charge is 2.28. The lowest BCUT2D eigenvalue weighted by Crippen LogP contribution is -2.13. The SMILES string of the molecule is COc1cc(Br)cc(NC(=O)c2n[nH]c(C3CC3)n2)c1. The second kappa shape index (κ2) is 5.24. The third-order valence-corrected chi connectivity index (χ3v) is 3.49. The summed E-state index contributed by atoms with van der Waals surface area (Å²) >= 11 is 3.36. The predicted molar refractivity (Wildman–Crippen MR) is 77.0 cm³/mol. The van der Waals surface area contributed by atoms with Crippen molar-refractivity contribution in [1.82, 2.24) is 15.2 Å². The molecule has 3 rings (SSSR count). The molecular weight excluding hydrogens is 324 g/mol. The molecule has 104 valence electrons. The van der Waals surface area contributed by atoms with Gasteiger partial charge in [0.15, 0.2) is 0 Å². The van der Waals surface area contributed by atoms with Crippen LogP contribution >= 0.6 is 15.9 Å². The number of anilines is 1. The second-order valence-corrected chi connectivity index (χ2v) is 5.57. The maximum Gasteiger partial charge on any atom is 0.295 e. The van der Waals surface area contributed by atoms with Gasteiger partial charge >= 0.3 is 0 Å². The quantitative estimate of drug-likeness (QED) is 0.899. The molecule has 0 atom stereocenters. The first-order chi connectivity index (χ1) is 9.65. The summed E-state index contributed by atoms with van der Waals surface area (Å²) in [5.74, 6) is 1.71. The summed E-state index contributed by atoms with van der Waals surface area (Å²) < 4.78 is 5.97. The first-order valence-electron chi connectivity index (χ1n) is 6.24. The van der Waals surface area contributed by atoms with Gasteiger partial charge in [-0.05, 0) is 25.0 Å². The van der Waals surface area contributed by atoms with Crippen molar-refractivity contribution in [3.8, 4) is 5.75 Å².